The molecule has 17 heavy (non-hydrogen) atoms. The molecule has 2 aliphatic rings. The Morgan fingerprint density at radius 2 is 1.88 bits per heavy atom. The standard InChI is InChI=1S/C13H14O4/c14-12(15)13(4-5-13)9-2-3-10-11(8-9)17-7-1-6-16-10/h2-3,8H,1,4-7H2,(H,14,15). The Bertz CT molecular complexity index is 462. The van der Waals surface area contributed by atoms with Gasteiger partial charge in [-0.05, 0) is 30.5 Å². The van der Waals surface area contributed by atoms with Crippen molar-refractivity contribution < 1.29 is 19.4 Å². The molecular formula is C13H14O4. The van der Waals surface area contributed by atoms with E-state index in [-0.39, 0.29) is 0 Å². The van der Waals surface area contributed by atoms with Crippen molar-refractivity contribution in [3.63, 3.8) is 0 Å². The maximum absolute atomic E-state index is 11.2. The van der Waals surface area contributed by atoms with E-state index in [1.165, 1.54) is 0 Å². The van der Waals surface area contributed by atoms with Gasteiger partial charge < -0.3 is 14.6 Å². The second-order valence-corrected chi connectivity index (χ2v) is 4.60. The average molecular weight is 234 g/mol. The summed E-state index contributed by atoms with van der Waals surface area (Å²) < 4.78 is 11.1. The highest BCUT2D eigenvalue weighted by atomic mass is 16.5. The van der Waals surface area contributed by atoms with Crippen molar-refractivity contribution in [2.45, 2.75) is 24.7 Å². The summed E-state index contributed by atoms with van der Waals surface area (Å²) in [6.45, 7) is 1.27. The van der Waals surface area contributed by atoms with E-state index in [4.69, 9.17) is 9.47 Å². The van der Waals surface area contributed by atoms with Crippen LogP contribution in [0.3, 0.4) is 0 Å². The fraction of sp³-hybridized carbons (Fsp3) is 0.462. The van der Waals surface area contributed by atoms with E-state index in [1.54, 1.807) is 0 Å². The highest BCUT2D eigenvalue weighted by Gasteiger charge is 2.52. The van der Waals surface area contributed by atoms with Gasteiger partial charge in [-0.3, -0.25) is 4.79 Å². The Hall–Kier alpha value is -1.71. The number of carbonyl (C=O) groups is 1. The maximum Gasteiger partial charge on any atom is 0.314 e. The molecule has 3 rings (SSSR count). The lowest BCUT2D eigenvalue weighted by molar-refractivity contribution is -0.140. The number of ether oxygens (including phenoxy) is 2. The first-order valence-electron chi connectivity index (χ1n) is 5.86. The first-order chi connectivity index (χ1) is 8.22. The highest BCUT2D eigenvalue weighted by Crippen LogP contribution is 2.50. The third-order valence-electron chi connectivity index (χ3n) is 3.46. The van der Waals surface area contributed by atoms with E-state index < -0.39 is 11.4 Å². The van der Waals surface area contributed by atoms with Crippen molar-refractivity contribution in [3.05, 3.63) is 23.8 Å². The number of benzene rings is 1. The SMILES string of the molecule is O=C(O)C1(c2ccc3c(c2)OCCCO3)CC1. The summed E-state index contributed by atoms with van der Waals surface area (Å²) in [5, 5.41) is 9.24. The van der Waals surface area contributed by atoms with E-state index in [1.807, 2.05) is 18.2 Å². The number of hydrogen-bond acceptors (Lipinski definition) is 3. The van der Waals surface area contributed by atoms with Gasteiger partial charge in [-0.25, -0.2) is 0 Å². The quantitative estimate of drug-likeness (QED) is 0.849. The Labute approximate surface area is 99.2 Å². The molecule has 0 amide bonds. The van der Waals surface area contributed by atoms with Crippen molar-refractivity contribution in [1.29, 1.82) is 0 Å². The summed E-state index contributed by atoms with van der Waals surface area (Å²) in [6, 6.07) is 5.48. The number of carboxylic acid groups (broad SMARTS) is 1. The molecule has 1 aromatic carbocycles. The molecule has 0 atom stereocenters. The van der Waals surface area contributed by atoms with Crippen LogP contribution in [0.2, 0.25) is 0 Å². The second kappa shape index (κ2) is 3.65. The third-order valence-corrected chi connectivity index (χ3v) is 3.46. The van der Waals surface area contributed by atoms with Crippen LogP contribution >= 0.6 is 0 Å². The highest BCUT2D eigenvalue weighted by molar-refractivity contribution is 5.85. The minimum atomic E-state index is -0.744. The van der Waals surface area contributed by atoms with Crippen LogP contribution in [0.5, 0.6) is 11.5 Å². The van der Waals surface area contributed by atoms with Crippen LogP contribution in [0.1, 0.15) is 24.8 Å². The molecule has 1 N–H and O–H groups in total. The van der Waals surface area contributed by atoms with Crippen molar-refractivity contribution >= 4 is 5.97 Å². The van der Waals surface area contributed by atoms with Crippen molar-refractivity contribution in [2.75, 3.05) is 13.2 Å². The number of rotatable bonds is 2. The van der Waals surface area contributed by atoms with Crippen LogP contribution in [0.25, 0.3) is 0 Å². The molecule has 1 aromatic rings. The van der Waals surface area contributed by atoms with Gasteiger partial charge in [0.25, 0.3) is 0 Å². The summed E-state index contributed by atoms with van der Waals surface area (Å²) in [5.74, 6) is 0.645. The summed E-state index contributed by atoms with van der Waals surface area (Å²) in [5.41, 5.74) is 0.152. The van der Waals surface area contributed by atoms with Gasteiger partial charge in [0.15, 0.2) is 11.5 Å². The van der Waals surface area contributed by atoms with Gasteiger partial charge in [-0.1, -0.05) is 6.07 Å². The summed E-state index contributed by atoms with van der Waals surface area (Å²) in [4.78, 5) is 11.2. The lowest BCUT2D eigenvalue weighted by Crippen LogP contribution is -2.19. The summed E-state index contributed by atoms with van der Waals surface area (Å²) in [6.07, 6.45) is 2.28. The predicted molar refractivity (Wildman–Crippen MR) is 60.6 cm³/mol. The molecule has 1 heterocycles. The largest absolute Gasteiger partial charge is 0.490 e. The zero-order valence-corrected chi connectivity index (χ0v) is 9.44. The number of aliphatic carboxylic acids is 1. The van der Waals surface area contributed by atoms with Gasteiger partial charge in [0.05, 0.1) is 18.6 Å². The minimum absolute atomic E-state index is 0.622. The van der Waals surface area contributed by atoms with Crippen LogP contribution in [0.15, 0.2) is 18.2 Å². The molecule has 1 saturated carbocycles. The zero-order valence-electron chi connectivity index (χ0n) is 9.44. The summed E-state index contributed by atoms with van der Waals surface area (Å²) in [7, 11) is 0. The first kappa shape index (κ1) is 10.4. The molecule has 0 unspecified atom stereocenters. The van der Waals surface area contributed by atoms with Crippen LogP contribution in [0.4, 0.5) is 0 Å². The van der Waals surface area contributed by atoms with Gasteiger partial charge in [-0.15, -0.1) is 0 Å². The molecule has 4 heteroatoms. The van der Waals surface area contributed by atoms with Gasteiger partial charge >= 0.3 is 5.97 Å². The van der Waals surface area contributed by atoms with Crippen LogP contribution in [-0.2, 0) is 10.2 Å². The third kappa shape index (κ3) is 1.64. The normalized spacial score (nSPS) is 20.5. The Balaban J connectivity index is 1.98. The molecule has 1 aliphatic carbocycles. The number of fused-ring (bicyclic) bond motifs is 1. The van der Waals surface area contributed by atoms with E-state index in [9.17, 15) is 9.90 Å². The lowest BCUT2D eigenvalue weighted by Gasteiger charge is -2.13. The molecule has 1 fully saturated rings. The van der Waals surface area contributed by atoms with Crippen molar-refractivity contribution in [2.24, 2.45) is 0 Å². The van der Waals surface area contributed by atoms with Gasteiger partial charge in [0.2, 0.25) is 0 Å². The maximum atomic E-state index is 11.2. The average Bonchev–Trinajstić information content (AvgIpc) is 3.13. The molecule has 4 nitrogen and oxygen atoms in total. The molecular weight excluding hydrogens is 220 g/mol. The first-order valence-corrected chi connectivity index (χ1v) is 5.86. The Morgan fingerprint density at radius 1 is 1.18 bits per heavy atom. The molecule has 0 saturated heterocycles. The predicted octanol–water partition coefficient (Wildman–Crippen LogP) is 1.96. The van der Waals surface area contributed by atoms with Crippen molar-refractivity contribution in [1.82, 2.24) is 0 Å². The minimum Gasteiger partial charge on any atom is -0.490 e. The van der Waals surface area contributed by atoms with Gasteiger partial charge in [0, 0.05) is 6.42 Å². The van der Waals surface area contributed by atoms with Crippen molar-refractivity contribution in [3.8, 4) is 11.5 Å². The van der Waals surface area contributed by atoms with Gasteiger partial charge in [-0.2, -0.15) is 0 Å². The fourth-order valence-corrected chi connectivity index (χ4v) is 2.21. The Morgan fingerprint density at radius 3 is 2.53 bits per heavy atom. The zero-order chi connectivity index (χ0) is 11.9. The topological polar surface area (TPSA) is 55.8 Å². The molecule has 90 valence electrons. The lowest BCUT2D eigenvalue weighted by atomic mass is 9.96. The molecule has 0 spiro atoms. The smallest absolute Gasteiger partial charge is 0.314 e. The number of hydrogen-bond donors (Lipinski definition) is 1. The second-order valence-electron chi connectivity index (χ2n) is 4.60. The molecule has 0 aromatic heterocycles. The fourth-order valence-electron chi connectivity index (χ4n) is 2.21. The van der Waals surface area contributed by atoms with Gasteiger partial charge in [0.1, 0.15) is 0 Å². The molecule has 0 radical (unpaired) electrons. The molecule has 0 bridgehead atoms. The Kier molecular flexibility index (Phi) is 2.24. The summed E-state index contributed by atoms with van der Waals surface area (Å²) >= 11 is 0. The van der Waals surface area contributed by atoms with Crippen LogP contribution in [-0.4, -0.2) is 24.3 Å². The number of carboxylic acids is 1. The monoisotopic (exact) mass is 234 g/mol. The van der Waals surface area contributed by atoms with E-state index >= 15 is 0 Å². The van der Waals surface area contributed by atoms with E-state index in [0.29, 0.717) is 37.6 Å². The van der Waals surface area contributed by atoms with E-state index in [0.717, 1.165) is 12.0 Å². The van der Waals surface area contributed by atoms with Crippen LogP contribution in [0, 0.1) is 0 Å². The molecule has 1 aliphatic heterocycles. The van der Waals surface area contributed by atoms with Crippen LogP contribution < -0.4 is 9.47 Å². The van der Waals surface area contributed by atoms with E-state index in [2.05, 4.69) is 0 Å².